The third-order valence-electron chi connectivity index (χ3n) is 3.26. The lowest BCUT2D eigenvalue weighted by Gasteiger charge is -2.18. The molecule has 24 heavy (non-hydrogen) atoms. The van der Waals surface area contributed by atoms with Gasteiger partial charge in [-0.2, -0.15) is 5.26 Å². The Morgan fingerprint density at radius 1 is 0.917 bits per heavy atom. The summed E-state index contributed by atoms with van der Waals surface area (Å²) >= 11 is 0. The average molecular weight is 323 g/mol. The monoisotopic (exact) mass is 323 g/mol. The normalized spacial score (nSPS) is 12.0. The minimum Gasteiger partial charge on any atom is -0.486 e. The lowest BCUT2D eigenvalue weighted by atomic mass is 10.2. The summed E-state index contributed by atoms with van der Waals surface area (Å²) in [5.74, 6) is -0.549. The molecular formula is C17H13N3O4. The van der Waals surface area contributed by atoms with Crippen LogP contribution in [-0.2, 0) is 9.59 Å². The molecule has 2 aromatic carbocycles. The Kier molecular flexibility index (Phi) is 4.29. The lowest BCUT2D eigenvalue weighted by Crippen LogP contribution is -2.29. The van der Waals surface area contributed by atoms with Gasteiger partial charge in [-0.15, -0.1) is 0 Å². The predicted octanol–water partition coefficient (Wildman–Crippen LogP) is 1.91. The van der Waals surface area contributed by atoms with Gasteiger partial charge in [0.25, 0.3) is 0 Å². The molecule has 2 N–H and O–H groups in total. The topological polar surface area (TPSA) is 100 Å². The van der Waals surface area contributed by atoms with Gasteiger partial charge in [0, 0.05) is 17.4 Å². The van der Waals surface area contributed by atoms with Gasteiger partial charge in [-0.05, 0) is 30.3 Å². The van der Waals surface area contributed by atoms with Crippen molar-refractivity contribution in [2.45, 2.75) is 0 Å². The van der Waals surface area contributed by atoms with Crippen LogP contribution in [0.25, 0.3) is 0 Å². The number of rotatable bonds is 2. The first-order chi connectivity index (χ1) is 11.7. The fraction of sp³-hybridized carbons (Fsp3) is 0.118. The van der Waals surface area contributed by atoms with E-state index in [-0.39, 0.29) is 0 Å². The van der Waals surface area contributed by atoms with Crippen molar-refractivity contribution < 1.29 is 19.1 Å². The van der Waals surface area contributed by atoms with Crippen molar-refractivity contribution in [2.24, 2.45) is 0 Å². The summed E-state index contributed by atoms with van der Waals surface area (Å²) in [4.78, 5) is 23.9. The molecule has 3 rings (SSSR count). The number of nitrogens with one attached hydrogen (secondary N) is 2. The van der Waals surface area contributed by atoms with Gasteiger partial charge in [0.15, 0.2) is 11.5 Å². The fourth-order valence-electron chi connectivity index (χ4n) is 2.16. The van der Waals surface area contributed by atoms with Crippen molar-refractivity contribution in [3.63, 3.8) is 0 Å². The summed E-state index contributed by atoms with van der Waals surface area (Å²) in [5.41, 5.74) is 1.18. The third-order valence-corrected chi connectivity index (χ3v) is 3.26. The number of benzene rings is 2. The van der Waals surface area contributed by atoms with Crippen LogP contribution in [0, 0.1) is 11.3 Å². The zero-order chi connectivity index (χ0) is 16.9. The van der Waals surface area contributed by atoms with Crippen LogP contribution >= 0.6 is 0 Å². The molecule has 0 aliphatic carbocycles. The summed E-state index contributed by atoms with van der Waals surface area (Å²) < 4.78 is 10.8. The number of carbonyl (C=O) groups is 2. The number of amides is 2. The molecule has 0 saturated carbocycles. The van der Waals surface area contributed by atoms with Crippen molar-refractivity contribution in [2.75, 3.05) is 23.8 Å². The van der Waals surface area contributed by atoms with Crippen LogP contribution in [0.1, 0.15) is 5.56 Å². The Labute approximate surface area is 137 Å². The molecule has 2 aromatic rings. The predicted molar refractivity (Wildman–Crippen MR) is 85.8 cm³/mol. The molecule has 120 valence electrons. The molecule has 0 unspecified atom stereocenters. The van der Waals surface area contributed by atoms with Gasteiger partial charge in [0.1, 0.15) is 13.2 Å². The van der Waals surface area contributed by atoms with E-state index in [0.717, 1.165) is 0 Å². The lowest BCUT2D eigenvalue weighted by molar-refractivity contribution is -0.133. The van der Waals surface area contributed by atoms with Gasteiger partial charge in [0.2, 0.25) is 0 Å². The van der Waals surface area contributed by atoms with E-state index in [2.05, 4.69) is 10.6 Å². The van der Waals surface area contributed by atoms with Crippen LogP contribution in [0.2, 0.25) is 0 Å². The van der Waals surface area contributed by atoms with Crippen LogP contribution in [0.4, 0.5) is 11.4 Å². The number of anilines is 2. The highest BCUT2D eigenvalue weighted by Crippen LogP contribution is 2.32. The molecule has 2 amide bonds. The highest BCUT2D eigenvalue weighted by Gasteiger charge is 2.17. The molecule has 0 spiro atoms. The Hall–Kier alpha value is -3.53. The van der Waals surface area contributed by atoms with Crippen molar-refractivity contribution >= 4 is 23.2 Å². The Morgan fingerprint density at radius 2 is 1.58 bits per heavy atom. The van der Waals surface area contributed by atoms with E-state index in [1.54, 1.807) is 36.4 Å². The quantitative estimate of drug-likeness (QED) is 0.822. The third kappa shape index (κ3) is 3.44. The maximum absolute atomic E-state index is 12.0. The Morgan fingerprint density at radius 3 is 2.29 bits per heavy atom. The number of fused-ring (bicyclic) bond motifs is 1. The molecule has 7 nitrogen and oxygen atoms in total. The van der Waals surface area contributed by atoms with Gasteiger partial charge in [-0.25, -0.2) is 0 Å². The molecule has 1 aliphatic heterocycles. The summed E-state index contributed by atoms with van der Waals surface area (Å²) in [6.45, 7) is 0.906. The summed E-state index contributed by atoms with van der Waals surface area (Å²) in [6.07, 6.45) is 0. The van der Waals surface area contributed by atoms with E-state index in [4.69, 9.17) is 14.7 Å². The van der Waals surface area contributed by atoms with E-state index in [1.165, 1.54) is 6.07 Å². The molecule has 7 heteroatoms. The molecule has 0 bridgehead atoms. The molecule has 1 heterocycles. The first kappa shape index (κ1) is 15.4. The van der Waals surface area contributed by atoms with E-state index < -0.39 is 11.8 Å². The first-order valence-electron chi connectivity index (χ1n) is 7.18. The summed E-state index contributed by atoms with van der Waals surface area (Å²) in [7, 11) is 0. The highest BCUT2D eigenvalue weighted by atomic mass is 16.6. The van der Waals surface area contributed by atoms with Crippen molar-refractivity contribution in [1.82, 2.24) is 0 Å². The zero-order valence-corrected chi connectivity index (χ0v) is 12.5. The number of ether oxygens (including phenoxy) is 2. The summed E-state index contributed by atoms with van der Waals surface area (Å²) in [5, 5.41) is 13.8. The summed E-state index contributed by atoms with van der Waals surface area (Å²) in [6, 6.07) is 13.1. The molecule has 0 atom stereocenters. The van der Waals surface area contributed by atoms with Gasteiger partial charge in [-0.3, -0.25) is 9.59 Å². The second kappa shape index (κ2) is 6.71. The molecule has 0 fully saturated rings. The molecule has 0 saturated heterocycles. The molecule has 0 radical (unpaired) electrons. The fourth-order valence-corrected chi connectivity index (χ4v) is 2.16. The number of nitrogens with zero attached hydrogens (tertiary/aromatic N) is 1. The zero-order valence-electron chi connectivity index (χ0n) is 12.5. The van der Waals surface area contributed by atoms with Crippen molar-refractivity contribution in [3.8, 4) is 17.6 Å². The van der Waals surface area contributed by atoms with Gasteiger partial charge in [0.05, 0.1) is 11.6 Å². The molecule has 0 aromatic heterocycles. The number of carbonyl (C=O) groups excluding carboxylic acids is 2. The maximum atomic E-state index is 12.0. The minimum absolute atomic E-state index is 0.372. The average Bonchev–Trinajstić information content (AvgIpc) is 2.61. The molecule has 1 aliphatic rings. The minimum atomic E-state index is -0.833. The first-order valence-corrected chi connectivity index (χ1v) is 7.18. The highest BCUT2D eigenvalue weighted by molar-refractivity contribution is 6.43. The van der Waals surface area contributed by atoms with Crippen LogP contribution in [0.15, 0.2) is 42.5 Å². The maximum Gasteiger partial charge on any atom is 0.314 e. The van der Waals surface area contributed by atoms with Crippen molar-refractivity contribution in [3.05, 3.63) is 48.0 Å². The van der Waals surface area contributed by atoms with Crippen LogP contribution < -0.4 is 20.1 Å². The second-order valence-corrected chi connectivity index (χ2v) is 4.96. The van der Waals surface area contributed by atoms with E-state index in [0.29, 0.717) is 41.7 Å². The van der Waals surface area contributed by atoms with E-state index in [9.17, 15) is 9.59 Å². The Balaban J connectivity index is 1.66. The number of nitriles is 1. The second-order valence-electron chi connectivity index (χ2n) is 4.96. The number of hydrogen-bond donors (Lipinski definition) is 2. The van der Waals surface area contributed by atoms with Crippen LogP contribution in [-0.4, -0.2) is 25.0 Å². The Bertz CT molecular complexity index is 842. The molecular weight excluding hydrogens is 310 g/mol. The standard InChI is InChI=1S/C17H13N3O4/c18-10-11-2-1-3-12(8-11)19-16(21)17(22)20-13-4-5-14-15(9-13)24-7-6-23-14/h1-5,8-9H,6-7H2,(H,19,21)(H,20,22). The van der Waals surface area contributed by atoms with Gasteiger partial charge in [-0.1, -0.05) is 6.07 Å². The smallest absolute Gasteiger partial charge is 0.314 e. The van der Waals surface area contributed by atoms with Gasteiger partial charge >= 0.3 is 11.8 Å². The number of hydrogen-bond acceptors (Lipinski definition) is 5. The van der Waals surface area contributed by atoms with Gasteiger partial charge < -0.3 is 20.1 Å². The van der Waals surface area contributed by atoms with Crippen LogP contribution in [0.5, 0.6) is 11.5 Å². The van der Waals surface area contributed by atoms with E-state index in [1.807, 2.05) is 6.07 Å². The van der Waals surface area contributed by atoms with Crippen molar-refractivity contribution in [1.29, 1.82) is 5.26 Å². The SMILES string of the molecule is N#Cc1cccc(NC(=O)C(=O)Nc2ccc3c(c2)OCCO3)c1. The van der Waals surface area contributed by atoms with Crippen LogP contribution in [0.3, 0.4) is 0 Å². The largest absolute Gasteiger partial charge is 0.486 e. The van der Waals surface area contributed by atoms with E-state index >= 15 is 0 Å².